The van der Waals surface area contributed by atoms with Gasteiger partial charge in [-0.1, -0.05) is 54.0 Å². The Hall–Kier alpha value is -9.69. The molecule has 85 heavy (non-hydrogen) atoms. The molecule has 0 amide bonds. The van der Waals surface area contributed by atoms with Crippen molar-refractivity contribution in [1.82, 2.24) is 0 Å². The summed E-state index contributed by atoms with van der Waals surface area (Å²) in [7, 11) is 0. The lowest BCUT2D eigenvalue weighted by Gasteiger charge is -2.36. The maximum atomic E-state index is 16.4. The lowest BCUT2D eigenvalue weighted by Crippen LogP contribution is -2.44. The van der Waals surface area contributed by atoms with Gasteiger partial charge in [0.25, 0.3) is 0 Å². The van der Waals surface area contributed by atoms with Crippen LogP contribution in [0, 0.1) is 120 Å². The predicted molar refractivity (Wildman–Crippen MR) is 263 cm³/mol. The topological polar surface area (TPSA) is 119 Å². The Morgan fingerprint density at radius 2 is 1.01 bits per heavy atom. The van der Waals surface area contributed by atoms with Gasteiger partial charge in [0, 0.05) is 51.1 Å². The molecule has 0 radical (unpaired) electrons. The standard InChI is InChI=1S/C30H11F10N3.C30H20F7N3O2/c1-43-26-7-4-17(14-25(26)30(38,39)40)2-5-19-15-20(24(9-11-42)27(31)23(19)8-10-41)6-3-18-12-21(28(32,33)34)16-22(13-18)29(35,36)37;1-12-6-13(4-5-20(12)39-2)22-26(40-3)24-18(28(22)42)10-17-23(25(24)31)19(11-38)21(27(17)41)14-7-15(29(32,33)34)9-16(8-14)30(35,36)37/h4,7,12-16H,8-9H2;4-9,17-19,21-26H,10H2,1H3. The van der Waals surface area contributed by atoms with Crippen molar-refractivity contribution in [2.24, 2.45) is 29.6 Å². The third-order valence-corrected chi connectivity index (χ3v) is 14.7. The highest BCUT2D eigenvalue weighted by atomic mass is 19.4. The summed E-state index contributed by atoms with van der Waals surface area (Å²) in [5.41, 5.74) is -10.4. The first kappa shape index (κ1) is 62.9. The Morgan fingerprint density at radius 1 is 0.541 bits per heavy atom. The van der Waals surface area contributed by atoms with Gasteiger partial charge in [-0.25, -0.2) is 25.0 Å². The zero-order valence-electron chi connectivity index (χ0n) is 42.7. The number of hydrogen-bond acceptors (Lipinski definition) is 5. The molecule has 3 aliphatic carbocycles. The number of Topliss-reactive ketones (excluding diaryl/α,β-unsaturated/α-hetero) is 2. The van der Waals surface area contributed by atoms with E-state index in [0.29, 0.717) is 47.1 Å². The fourth-order valence-electron chi connectivity index (χ4n) is 10.9. The van der Waals surface area contributed by atoms with Gasteiger partial charge in [0.2, 0.25) is 6.04 Å². The SMILES string of the molecule is [C-]#[N+]c1ccc(C#Cc2cc(C#Cc3cc(C(F)(F)F)cc(C(F)(F)F)c3)c(CC#N)c(F)c2CC#N)cc1C(F)(F)F.[C-]#[N+]c1ccc(C2C(=O)C3CC4C(=O)C(c5cc(C(F)(F)F)cc(C(F)(F)F)c5)C(C#N)C4C(F)C3C2[N+]#[C-])cc1C. The average molecular weight is 1190 g/mol. The summed E-state index contributed by atoms with van der Waals surface area (Å²) >= 11 is 0. The highest BCUT2D eigenvalue weighted by molar-refractivity contribution is 5.96. The van der Waals surface area contributed by atoms with E-state index in [1.54, 1.807) is 31.2 Å². The smallest absolute Gasteiger partial charge is 0.312 e. The van der Waals surface area contributed by atoms with Crippen LogP contribution in [0.1, 0.15) is 96.1 Å². The molecule has 3 saturated carbocycles. The molecule has 0 heterocycles. The summed E-state index contributed by atoms with van der Waals surface area (Å²) in [5.74, 6) is -2.92. The van der Waals surface area contributed by atoms with Crippen molar-refractivity contribution in [3.8, 4) is 41.9 Å². The first-order valence-electron chi connectivity index (χ1n) is 24.4. The number of carbonyl (C=O) groups excluding carboxylic acids is 2. The number of halogens is 17. The lowest BCUT2D eigenvalue weighted by molar-refractivity contribution is -0.144. The van der Waals surface area contributed by atoms with E-state index < -0.39 is 165 Å². The van der Waals surface area contributed by atoms with E-state index in [-0.39, 0.29) is 40.8 Å². The van der Waals surface area contributed by atoms with Gasteiger partial charge in [-0.3, -0.25) is 9.59 Å². The van der Waals surface area contributed by atoms with Crippen LogP contribution in [0.25, 0.3) is 14.5 Å². The van der Waals surface area contributed by atoms with E-state index in [9.17, 15) is 80.7 Å². The third-order valence-electron chi connectivity index (χ3n) is 14.7. The molecule has 8 rings (SSSR count). The molecular formula is C60H31F17N6O2. The fraction of sp³-hybridized carbons (Fsp3) is 0.300. The molecule has 432 valence electrons. The van der Waals surface area contributed by atoms with Gasteiger partial charge >= 0.3 is 30.9 Å². The second kappa shape index (κ2) is 23.5. The number of nitriles is 3. The van der Waals surface area contributed by atoms with E-state index in [1.165, 1.54) is 12.1 Å². The molecule has 0 spiro atoms. The summed E-state index contributed by atoms with van der Waals surface area (Å²) < 4.78 is 232. The van der Waals surface area contributed by atoms with Crippen LogP contribution in [0.15, 0.2) is 78.9 Å². The van der Waals surface area contributed by atoms with Crippen molar-refractivity contribution in [3.63, 3.8) is 0 Å². The summed E-state index contributed by atoms with van der Waals surface area (Å²) in [4.78, 5) is 37.0. The average Bonchev–Trinajstić information content (AvgIpc) is 1.60. The number of nitrogens with zero attached hydrogens (tertiary/aromatic N) is 6. The normalized spacial score (nSPS) is 21.7. The number of alkyl halides is 16. The van der Waals surface area contributed by atoms with Gasteiger partial charge in [-0.2, -0.15) is 81.6 Å². The molecule has 9 atom stereocenters. The zero-order chi connectivity index (χ0) is 63.1. The first-order chi connectivity index (χ1) is 39.6. The first-order valence-corrected chi connectivity index (χ1v) is 24.4. The number of fused-ring (bicyclic) bond motifs is 2. The Balaban J connectivity index is 0.000000244. The minimum atomic E-state index is -5.19. The Morgan fingerprint density at radius 3 is 1.46 bits per heavy atom. The second-order valence-corrected chi connectivity index (χ2v) is 19.6. The van der Waals surface area contributed by atoms with Crippen LogP contribution in [0.4, 0.5) is 86.0 Å². The highest BCUT2D eigenvalue weighted by Crippen LogP contribution is 2.60. The monoisotopic (exact) mass is 1190 g/mol. The molecule has 5 aromatic rings. The van der Waals surface area contributed by atoms with Crippen LogP contribution < -0.4 is 0 Å². The molecule has 3 fully saturated rings. The van der Waals surface area contributed by atoms with E-state index in [0.717, 1.165) is 18.2 Å². The number of hydrogen-bond donors (Lipinski definition) is 0. The van der Waals surface area contributed by atoms with Crippen LogP contribution in [0.2, 0.25) is 0 Å². The lowest BCUT2D eigenvalue weighted by atomic mass is 9.66. The van der Waals surface area contributed by atoms with Crippen LogP contribution in [-0.2, 0) is 53.3 Å². The third kappa shape index (κ3) is 12.8. The molecule has 0 saturated heterocycles. The summed E-state index contributed by atoms with van der Waals surface area (Å²) in [6.07, 6.45) is -29.2. The number of carbonyl (C=O) groups is 2. The van der Waals surface area contributed by atoms with Gasteiger partial charge < -0.3 is 4.85 Å². The number of rotatable bonds is 4. The number of benzene rings is 5. The van der Waals surface area contributed by atoms with E-state index in [4.69, 9.17) is 30.2 Å². The molecule has 3 aliphatic rings. The van der Waals surface area contributed by atoms with E-state index in [1.807, 2.05) is 0 Å². The molecular weight excluding hydrogens is 1160 g/mol. The fourth-order valence-corrected chi connectivity index (χ4v) is 10.9. The maximum Gasteiger partial charge on any atom is 0.416 e. The van der Waals surface area contributed by atoms with Crippen molar-refractivity contribution in [1.29, 1.82) is 15.8 Å². The van der Waals surface area contributed by atoms with Gasteiger partial charge in [0.15, 0.2) is 17.2 Å². The zero-order valence-corrected chi connectivity index (χ0v) is 42.7. The maximum absolute atomic E-state index is 16.4. The molecule has 8 nitrogen and oxygen atoms in total. The molecule has 0 aliphatic heterocycles. The molecule has 0 N–H and O–H groups in total. The van der Waals surface area contributed by atoms with Gasteiger partial charge in [0.1, 0.15) is 23.7 Å². The van der Waals surface area contributed by atoms with Crippen molar-refractivity contribution in [3.05, 3.63) is 197 Å². The van der Waals surface area contributed by atoms with Gasteiger partial charge in [0.05, 0.1) is 89.8 Å². The summed E-state index contributed by atoms with van der Waals surface area (Å²) in [5, 5.41) is 28.3. The molecule has 5 aromatic carbocycles. The predicted octanol–water partition coefficient (Wildman–Crippen LogP) is 15.6. The second-order valence-electron chi connectivity index (χ2n) is 19.6. The van der Waals surface area contributed by atoms with Crippen LogP contribution in [-0.4, -0.2) is 23.8 Å². The van der Waals surface area contributed by atoms with Crippen molar-refractivity contribution < 1.29 is 84.2 Å². The Labute approximate surface area is 471 Å². The van der Waals surface area contributed by atoms with Crippen molar-refractivity contribution >= 4 is 22.9 Å². The number of ketones is 2. The minimum Gasteiger partial charge on any atom is -0.312 e. The van der Waals surface area contributed by atoms with E-state index >= 15 is 8.78 Å². The number of aryl methyl sites for hydroxylation is 1. The van der Waals surface area contributed by atoms with E-state index in [2.05, 4.69) is 38.2 Å². The van der Waals surface area contributed by atoms with Crippen molar-refractivity contribution in [2.75, 3.05) is 0 Å². The van der Waals surface area contributed by atoms with Crippen LogP contribution in [0.5, 0.6) is 0 Å². The van der Waals surface area contributed by atoms with Crippen LogP contribution >= 0.6 is 0 Å². The highest BCUT2D eigenvalue weighted by Gasteiger charge is 2.68. The quantitative estimate of drug-likeness (QED) is 0.101. The summed E-state index contributed by atoms with van der Waals surface area (Å²) in [6.45, 7) is 23.6. The Kier molecular flexibility index (Phi) is 17.4. The van der Waals surface area contributed by atoms with Crippen LogP contribution in [0.3, 0.4) is 0 Å². The molecule has 25 heteroatoms. The van der Waals surface area contributed by atoms with Gasteiger partial charge in [-0.05, 0) is 78.6 Å². The van der Waals surface area contributed by atoms with Crippen molar-refractivity contribution in [2.45, 2.75) is 81.1 Å². The van der Waals surface area contributed by atoms with Gasteiger partial charge in [-0.15, -0.1) is 0 Å². The Bertz CT molecular complexity index is 3900. The molecule has 9 unspecified atom stereocenters. The minimum absolute atomic E-state index is 0.0920. The largest absolute Gasteiger partial charge is 0.416 e. The molecule has 0 bridgehead atoms. The summed E-state index contributed by atoms with van der Waals surface area (Å²) in [6, 6.07) is 13.3. The molecule has 0 aromatic heterocycles.